The van der Waals surface area contributed by atoms with E-state index in [0.717, 1.165) is 11.3 Å². The van der Waals surface area contributed by atoms with E-state index in [-0.39, 0.29) is 24.0 Å². The first kappa shape index (κ1) is 12.0. The first-order valence-corrected chi connectivity index (χ1v) is 5.08. The standard InChI is InChI=1S/C12H11N4.HI/c1-15-9-16(12-8-13-6-7-14-12)11-5-3-2-4-10(11)15;/h2-9H,1H3;1H/q+1;/p-1. The van der Waals surface area contributed by atoms with Crippen molar-refractivity contribution in [2.24, 2.45) is 7.05 Å². The van der Waals surface area contributed by atoms with Crippen molar-refractivity contribution in [3.05, 3.63) is 49.2 Å². The van der Waals surface area contributed by atoms with Crippen LogP contribution in [-0.2, 0) is 7.05 Å². The molecule has 0 fully saturated rings. The number of hydrogen-bond donors (Lipinski definition) is 0. The van der Waals surface area contributed by atoms with Crippen LogP contribution in [0.15, 0.2) is 49.2 Å². The Kier molecular flexibility index (Phi) is 3.37. The van der Waals surface area contributed by atoms with E-state index in [2.05, 4.69) is 26.7 Å². The molecular weight excluding hydrogens is 327 g/mol. The molecule has 2 heterocycles. The molecule has 0 aliphatic heterocycles. The van der Waals surface area contributed by atoms with Gasteiger partial charge in [-0.2, -0.15) is 4.57 Å². The van der Waals surface area contributed by atoms with Gasteiger partial charge in [0, 0.05) is 12.4 Å². The fourth-order valence-corrected chi connectivity index (χ4v) is 1.86. The summed E-state index contributed by atoms with van der Waals surface area (Å²) in [5, 5.41) is 0. The van der Waals surface area contributed by atoms with Crippen molar-refractivity contribution in [1.29, 1.82) is 0 Å². The van der Waals surface area contributed by atoms with E-state index in [4.69, 9.17) is 0 Å². The van der Waals surface area contributed by atoms with E-state index in [1.807, 2.05) is 30.1 Å². The van der Waals surface area contributed by atoms with Gasteiger partial charge in [-0.05, 0) is 12.1 Å². The number of hydrogen-bond acceptors (Lipinski definition) is 2. The first-order chi connectivity index (χ1) is 7.86. The maximum atomic E-state index is 4.30. The number of imidazole rings is 1. The minimum atomic E-state index is 0. The average molecular weight is 338 g/mol. The molecule has 0 bridgehead atoms. The van der Waals surface area contributed by atoms with Crippen molar-refractivity contribution in [1.82, 2.24) is 14.5 Å². The molecule has 0 spiro atoms. The highest BCUT2D eigenvalue weighted by Gasteiger charge is 2.14. The normalized spacial score (nSPS) is 10.2. The van der Waals surface area contributed by atoms with Gasteiger partial charge in [-0.25, -0.2) is 9.55 Å². The summed E-state index contributed by atoms with van der Waals surface area (Å²) in [6.45, 7) is 0. The molecule has 3 rings (SSSR count). The zero-order valence-corrected chi connectivity index (χ0v) is 11.4. The van der Waals surface area contributed by atoms with E-state index >= 15 is 0 Å². The molecule has 1 aromatic carbocycles. The predicted molar refractivity (Wildman–Crippen MR) is 60.0 cm³/mol. The minimum absolute atomic E-state index is 0. The van der Waals surface area contributed by atoms with Crippen LogP contribution < -0.4 is 28.5 Å². The molecule has 5 heteroatoms. The Morgan fingerprint density at radius 1 is 1.18 bits per heavy atom. The Hall–Kier alpha value is -1.50. The minimum Gasteiger partial charge on any atom is -1.00 e. The van der Waals surface area contributed by atoms with Crippen LogP contribution in [0.4, 0.5) is 0 Å². The highest BCUT2D eigenvalue weighted by Crippen LogP contribution is 2.13. The monoisotopic (exact) mass is 338 g/mol. The molecule has 0 saturated heterocycles. The molecule has 0 aliphatic carbocycles. The number of aromatic nitrogens is 4. The molecule has 0 radical (unpaired) electrons. The molecule has 0 amide bonds. The third-order valence-corrected chi connectivity index (χ3v) is 2.61. The van der Waals surface area contributed by atoms with E-state index < -0.39 is 0 Å². The largest absolute Gasteiger partial charge is 1.00 e. The summed E-state index contributed by atoms with van der Waals surface area (Å²) in [6.07, 6.45) is 7.14. The summed E-state index contributed by atoms with van der Waals surface area (Å²) in [5.41, 5.74) is 2.30. The molecule has 0 saturated carbocycles. The van der Waals surface area contributed by atoms with Gasteiger partial charge in [0.15, 0.2) is 11.0 Å². The van der Waals surface area contributed by atoms with Gasteiger partial charge in [0.1, 0.15) is 0 Å². The highest BCUT2D eigenvalue weighted by atomic mass is 127. The van der Waals surface area contributed by atoms with Crippen molar-refractivity contribution in [2.45, 2.75) is 0 Å². The van der Waals surface area contributed by atoms with Gasteiger partial charge >= 0.3 is 0 Å². The lowest BCUT2D eigenvalue weighted by atomic mass is 10.3. The third kappa shape index (κ3) is 2.02. The van der Waals surface area contributed by atoms with Crippen molar-refractivity contribution in [3.8, 4) is 5.82 Å². The Bertz CT molecular complexity index is 633. The van der Waals surface area contributed by atoms with Crippen LogP contribution in [0.5, 0.6) is 0 Å². The Labute approximate surface area is 116 Å². The first-order valence-electron chi connectivity index (χ1n) is 5.08. The molecule has 86 valence electrons. The van der Waals surface area contributed by atoms with Gasteiger partial charge in [0.05, 0.1) is 13.2 Å². The van der Waals surface area contributed by atoms with Crippen LogP contribution in [0.2, 0.25) is 0 Å². The Morgan fingerprint density at radius 2 is 2.00 bits per heavy atom. The molecule has 0 aliphatic rings. The number of para-hydroxylation sites is 2. The molecule has 2 aromatic heterocycles. The summed E-state index contributed by atoms with van der Waals surface area (Å²) in [4.78, 5) is 8.38. The molecule has 4 nitrogen and oxygen atoms in total. The number of rotatable bonds is 1. The molecule has 0 unspecified atom stereocenters. The fourth-order valence-electron chi connectivity index (χ4n) is 1.86. The summed E-state index contributed by atoms with van der Waals surface area (Å²) in [5.74, 6) is 0.833. The third-order valence-electron chi connectivity index (χ3n) is 2.61. The highest BCUT2D eigenvalue weighted by molar-refractivity contribution is 5.73. The molecular formula is C12H11IN4. The maximum absolute atomic E-state index is 4.30. The van der Waals surface area contributed by atoms with Gasteiger partial charge in [-0.1, -0.05) is 12.1 Å². The van der Waals surface area contributed by atoms with Gasteiger partial charge in [-0.15, -0.1) is 0 Å². The number of nitrogens with zero attached hydrogens (tertiary/aromatic N) is 4. The molecule has 0 atom stereocenters. The zero-order valence-electron chi connectivity index (χ0n) is 9.29. The van der Waals surface area contributed by atoms with Gasteiger partial charge in [-0.3, -0.25) is 4.98 Å². The topological polar surface area (TPSA) is 34.6 Å². The van der Waals surface area contributed by atoms with Crippen molar-refractivity contribution >= 4 is 11.0 Å². The lowest BCUT2D eigenvalue weighted by molar-refractivity contribution is -0.645. The smallest absolute Gasteiger partial charge is 0.251 e. The lowest BCUT2D eigenvalue weighted by Crippen LogP contribution is -3.00. The van der Waals surface area contributed by atoms with Crippen LogP contribution in [-0.4, -0.2) is 14.5 Å². The maximum Gasteiger partial charge on any atom is 0.251 e. The van der Waals surface area contributed by atoms with E-state index in [1.54, 1.807) is 18.6 Å². The van der Waals surface area contributed by atoms with Crippen LogP contribution in [0.3, 0.4) is 0 Å². The van der Waals surface area contributed by atoms with Crippen molar-refractivity contribution < 1.29 is 28.5 Å². The summed E-state index contributed by atoms with van der Waals surface area (Å²) in [6, 6.07) is 8.21. The van der Waals surface area contributed by atoms with E-state index in [1.165, 1.54) is 5.52 Å². The Balaban J connectivity index is 0.00000108. The zero-order chi connectivity index (χ0) is 11.0. The molecule has 3 aromatic rings. The second-order valence-electron chi connectivity index (χ2n) is 3.65. The predicted octanol–water partition coefficient (Wildman–Crippen LogP) is -1.75. The van der Waals surface area contributed by atoms with Crippen molar-refractivity contribution in [3.63, 3.8) is 0 Å². The van der Waals surface area contributed by atoms with Gasteiger partial charge < -0.3 is 24.0 Å². The van der Waals surface area contributed by atoms with Gasteiger partial charge in [0.25, 0.3) is 6.33 Å². The van der Waals surface area contributed by atoms with Crippen LogP contribution >= 0.6 is 0 Å². The summed E-state index contributed by atoms with van der Waals surface area (Å²) < 4.78 is 4.10. The van der Waals surface area contributed by atoms with Crippen LogP contribution in [0.25, 0.3) is 16.9 Å². The van der Waals surface area contributed by atoms with Crippen LogP contribution in [0.1, 0.15) is 0 Å². The molecule has 0 N–H and O–H groups in total. The number of halogens is 1. The quantitative estimate of drug-likeness (QED) is 0.390. The second-order valence-corrected chi connectivity index (χ2v) is 3.65. The molecule has 17 heavy (non-hydrogen) atoms. The van der Waals surface area contributed by atoms with Crippen LogP contribution in [0, 0.1) is 0 Å². The average Bonchev–Trinajstić information content (AvgIpc) is 2.69. The second kappa shape index (κ2) is 4.79. The number of aryl methyl sites for hydroxylation is 1. The SMILES string of the molecule is C[n+]1cn(-c2cnccn2)c2ccccc21.[I-]. The number of fused-ring (bicyclic) bond motifs is 1. The van der Waals surface area contributed by atoms with Gasteiger partial charge in [0.2, 0.25) is 5.82 Å². The Morgan fingerprint density at radius 3 is 2.76 bits per heavy atom. The fraction of sp³-hybridized carbons (Fsp3) is 0.0833. The summed E-state index contributed by atoms with van der Waals surface area (Å²) >= 11 is 0. The lowest BCUT2D eigenvalue weighted by Gasteiger charge is -1.93. The van der Waals surface area contributed by atoms with E-state index in [9.17, 15) is 0 Å². The van der Waals surface area contributed by atoms with E-state index in [0.29, 0.717) is 0 Å². The summed E-state index contributed by atoms with van der Waals surface area (Å²) in [7, 11) is 2.02. The number of benzene rings is 1. The van der Waals surface area contributed by atoms with Crippen molar-refractivity contribution in [2.75, 3.05) is 0 Å².